The van der Waals surface area contributed by atoms with Crippen LogP contribution in [0.2, 0.25) is 0 Å². The average molecular weight is 2040 g/mol. The third-order valence-electron chi connectivity index (χ3n) is 36.4. The molecule has 0 aromatic rings. The van der Waals surface area contributed by atoms with Crippen molar-refractivity contribution in [3.8, 4) is 0 Å². The Hall–Kier alpha value is -3.64. The van der Waals surface area contributed by atoms with Crippen LogP contribution >= 0.6 is 0 Å². The van der Waals surface area contributed by atoms with Gasteiger partial charge in [-0.3, -0.25) is 92.9 Å². The summed E-state index contributed by atoms with van der Waals surface area (Å²) in [6.45, 7) is 110. The minimum absolute atomic E-state index is 0.207. The Morgan fingerprint density at radius 3 is 0.655 bits per heavy atom. The molecule has 18 fully saturated rings. The topological polar surface area (TPSA) is 235 Å². The monoisotopic (exact) mass is 2040 g/mol. The van der Waals surface area contributed by atoms with Crippen molar-refractivity contribution in [2.45, 2.75) is 528 Å². The first-order chi connectivity index (χ1) is 67.7. The third kappa shape index (κ3) is 40.9. The second-order valence-electron chi connectivity index (χ2n) is 55.4. The van der Waals surface area contributed by atoms with E-state index in [2.05, 4.69) is 303 Å². The smallest absolute Gasteiger partial charge is 0.373 e. The van der Waals surface area contributed by atoms with Gasteiger partial charge in [-0.1, -0.05) is 19.3 Å². The minimum Gasteiger partial charge on any atom is -0.480 e. The quantitative estimate of drug-likeness (QED) is 0.196. The van der Waals surface area contributed by atoms with Crippen LogP contribution in [0, 0.1) is 0 Å². The number of hydrogen-bond donors (Lipinski definition) is 2. The van der Waals surface area contributed by atoms with E-state index in [0.29, 0.717) is 50.9 Å². The molecule has 28 heteroatoms. The number of carboxylic acids is 2. The molecule has 9 atom stereocenters. The summed E-state index contributed by atoms with van der Waals surface area (Å²) >= 11 is 0. The summed E-state index contributed by atoms with van der Waals surface area (Å²) in [7, 11) is 0. The summed E-state index contributed by atoms with van der Waals surface area (Å²) in [5.41, 5.74) is 3.04. The normalized spacial score (nSPS) is 29.2. The fraction of sp³-hybridized carbons (Fsp3) is 0.957. The van der Waals surface area contributed by atoms with Crippen molar-refractivity contribution < 1.29 is 48.6 Å². The maximum absolute atomic E-state index is 11.2. The van der Waals surface area contributed by atoms with Gasteiger partial charge in [0.25, 0.3) is 0 Å². The molecule has 145 heavy (non-hydrogen) atoms. The molecule has 18 rings (SSSR count). The molecule has 0 aromatic heterocycles. The summed E-state index contributed by atoms with van der Waals surface area (Å²) in [4.78, 5) is 118. The number of carbonyl (C=O) groups is 2. The first-order valence-corrected chi connectivity index (χ1v) is 58.6. The Morgan fingerprint density at radius 1 is 0.186 bits per heavy atom. The Balaban J connectivity index is 0.000000219. The van der Waals surface area contributed by atoms with Gasteiger partial charge in [-0.25, -0.2) is 0 Å². The van der Waals surface area contributed by atoms with E-state index in [0.717, 1.165) is 144 Å². The fourth-order valence-electron chi connectivity index (χ4n) is 25.8. The summed E-state index contributed by atoms with van der Waals surface area (Å²) in [6, 6.07) is 9.89. The summed E-state index contributed by atoms with van der Waals surface area (Å²) in [5.74, 6) is -1.29. The molecule has 0 amide bonds. The van der Waals surface area contributed by atoms with Crippen LogP contribution in [0.3, 0.4) is 0 Å². The Labute approximate surface area is 887 Å². The van der Waals surface area contributed by atoms with Crippen molar-refractivity contribution in [2.24, 2.45) is 0 Å². The van der Waals surface area contributed by atoms with E-state index in [1.54, 1.807) is 0 Å². The second-order valence-corrected chi connectivity index (χ2v) is 55.4. The van der Waals surface area contributed by atoms with Crippen LogP contribution in [-0.2, 0) is 38.4 Å². The largest absolute Gasteiger partial charge is 0.480 e. The molecule has 18 aliphatic rings. The highest BCUT2D eigenvalue weighted by atomic mass is 16.4. The van der Waals surface area contributed by atoms with Crippen LogP contribution < -0.4 is 0 Å². The third-order valence-corrected chi connectivity index (χ3v) is 36.4. The summed E-state index contributed by atoms with van der Waals surface area (Å²) in [5, 5.41) is 18.3. The molecule has 0 bridgehead atoms. The molecule has 842 valence electrons. The summed E-state index contributed by atoms with van der Waals surface area (Å²) < 4.78 is 0. The first kappa shape index (κ1) is 128. The van der Waals surface area contributed by atoms with Gasteiger partial charge in [0.2, 0.25) is 0 Å². The number of aliphatic carboxylic acids is 2. The SMILES string of the molecule is CC(C)(C)N1CC(N2CCCC2)C1.CC(C)(C)N1CC(N2CCCCC2)C1.CC(C)(C)N1CCC(N2CCC2C(=O)O)C1.CC(C)(C)N1CCC(N2CCCC2C(=O)O)CC1.CC(C)(C)N1CCC(N2CCCCC2)CC1.CC1CCCCN1C1CCN(C(C)(C)C)C1.CC1CCCN1C1CCN(C(C)(C)C)C1.CC1CCN1C1CCN(C(C)(C)C)CC1.CC1CCN1C1CN(C(C)(C)C)C1.O=C=O.O=C=O.O=C=O. The van der Waals surface area contributed by atoms with Crippen LogP contribution in [0.5, 0.6) is 0 Å². The lowest BCUT2D eigenvalue weighted by atomic mass is 9.92. The first-order valence-electron chi connectivity index (χ1n) is 58.6. The van der Waals surface area contributed by atoms with Gasteiger partial charge in [0.1, 0.15) is 12.1 Å². The molecule has 0 aliphatic carbocycles. The van der Waals surface area contributed by atoms with Crippen LogP contribution in [0.4, 0.5) is 0 Å². The lowest BCUT2D eigenvalue weighted by molar-refractivity contribution is -0.193. The minimum atomic E-state index is -0.652. The van der Waals surface area contributed by atoms with Gasteiger partial charge in [0.15, 0.2) is 0 Å². The van der Waals surface area contributed by atoms with Gasteiger partial charge >= 0.3 is 30.4 Å². The molecular formula is C117H224N18O10. The van der Waals surface area contributed by atoms with Crippen LogP contribution in [0.15, 0.2) is 0 Å². The van der Waals surface area contributed by atoms with E-state index in [9.17, 15) is 14.7 Å². The van der Waals surface area contributed by atoms with Crippen LogP contribution in [0.1, 0.15) is 388 Å². The lowest BCUT2D eigenvalue weighted by Gasteiger charge is -2.56. The van der Waals surface area contributed by atoms with Crippen molar-refractivity contribution in [2.75, 3.05) is 196 Å². The van der Waals surface area contributed by atoms with Gasteiger partial charge in [-0.15, -0.1) is 0 Å². The van der Waals surface area contributed by atoms with Crippen molar-refractivity contribution in [1.29, 1.82) is 0 Å². The highest BCUT2D eigenvalue weighted by Gasteiger charge is 2.48. The molecule has 0 radical (unpaired) electrons. The zero-order chi connectivity index (χ0) is 108. The molecule has 28 nitrogen and oxygen atoms in total. The van der Waals surface area contributed by atoms with Crippen molar-refractivity contribution >= 4 is 30.4 Å². The molecule has 0 spiro atoms. The zero-order valence-corrected chi connectivity index (χ0v) is 99.2. The number of hydrogen-bond acceptors (Lipinski definition) is 26. The predicted molar refractivity (Wildman–Crippen MR) is 591 cm³/mol. The predicted octanol–water partition coefficient (Wildman–Crippen LogP) is 16.3. The Bertz CT molecular complexity index is 3680. The highest BCUT2D eigenvalue weighted by Crippen LogP contribution is 2.38. The average Bonchev–Trinajstić information content (AvgIpc) is 1.50. The van der Waals surface area contributed by atoms with Gasteiger partial charge < -0.3 is 15.1 Å². The molecule has 18 saturated heterocycles. The molecule has 18 heterocycles. The van der Waals surface area contributed by atoms with Crippen molar-refractivity contribution in [1.82, 2.24) is 88.2 Å². The van der Waals surface area contributed by atoms with Crippen molar-refractivity contribution in [3.63, 3.8) is 0 Å². The van der Waals surface area contributed by atoms with Gasteiger partial charge in [0.05, 0.1) is 0 Å². The van der Waals surface area contributed by atoms with Gasteiger partial charge in [-0.2, -0.15) is 28.8 Å². The summed E-state index contributed by atoms with van der Waals surface area (Å²) in [6.07, 6.45) is 36.4. The van der Waals surface area contributed by atoms with Gasteiger partial charge in [0, 0.05) is 266 Å². The van der Waals surface area contributed by atoms with E-state index in [-0.39, 0.29) is 41.6 Å². The van der Waals surface area contributed by atoms with E-state index in [1.807, 2.05) is 0 Å². The maximum Gasteiger partial charge on any atom is 0.373 e. The number of piperidine rings is 6. The van der Waals surface area contributed by atoms with E-state index >= 15 is 0 Å². The number of likely N-dealkylation sites (tertiary alicyclic amines) is 18. The molecular weight excluding hydrogens is 1820 g/mol. The molecule has 9 unspecified atom stereocenters. The molecule has 18 aliphatic heterocycles. The number of nitrogens with zero attached hydrogens (tertiary/aromatic N) is 18. The fourth-order valence-corrected chi connectivity index (χ4v) is 25.8. The second kappa shape index (κ2) is 58.8. The number of carbonyl (C=O) groups excluding carboxylic acids is 6. The molecule has 0 aromatic carbocycles. The standard InChI is InChI=1S/C14H26N2O2.2C14H28N2.2C13H26N2.C12H22N2O2.C12H24N2.2C11H22N2.3CO2/c1-14(2,3)15-9-6-11(7-10-15)16-8-4-5-12(16)13(17)18;1-12-7-5-6-9-16(12)13-8-10-15(11-13)14(2,3)4;1-14(2,3)16-11-7-13(8-12-16)15-9-5-4-6-10-15;1-11-5-10-15(11)12-6-8-14(9-7-12)13(2,3)4;1-11-6-5-8-15(11)12-7-9-14(10-12)13(2,3)4;1-12(2,3)13-6-4-9(8-13)14-7-5-10(14)11(15)16;1-12(2,3)14-9-11(10-14)13-7-5-4-6-8-13;1-9-5-6-13(9)10-7-12(8-10)11(2,3)4;1-11(2,3)13-8-10(9-13)12-6-4-5-7-12;3*2-1-3/h11-12H,4-10H2,1-3H3,(H,17,18);12-13H,5-11H2,1-4H3;13H,4-12H2,1-3H3;2*11-12H,5-10H2,1-4H3;9-10H,4-8H2,1-3H3,(H,15,16);11H,4-10H2,1-3H3;9-10H,5-8H2,1-4H3;10H,4-9H2,1-3H3;;;. The van der Waals surface area contributed by atoms with E-state index in [4.69, 9.17) is 33.9 Å². The number of carboxylic acid groups (broad SMARTS) is 2. The molecule has 2 N–H and O–H groups in total. The van der Waals surface area contributed by atoms with Crippen LogP contribution in [0.25, 0.3) is 0 Å². The maximum atomic E-state index is 11.2. The Morgan fingerprint density at radius 2 is 0.386 bits per heavy atom. The Kier molecular flexibility index (Phi) is 52.0. The van der Waals surface area contributed by atoms with E-state index in [1.165, 1.54) is 292 Å². The molecule has 0 saturated carbocycles. The lowest BCUT2D eigenvalue weighted by Crippen LogP contribution is -2.68. The van der Waals surface area contributed by atoms with Crippen molar-refractivity contribution in [3.05, 3.63) is 0 Å². The number of rotatable bonds is 11. The highest BCUT2D eigenvalue weighted by molar-refractivity contribution is 5.74. The zero-order valence-electron chi connectivity index (χ0n) is 99.2. The van der Waals surface area contributed by atoms with Crippen LogP contribution in [-0.4, -0.2) is 466 Å². The van der Waals surface area contributed by atoms with Gasteiger partial charge in [-0.05, 0) is 428 Å². The van der Waals surface area contributed by atoms with E-state index < -0.39 is 11.9 Å².